The van der Waals surface area contributed by atoms with Gasteiger partial charge in [0, 0.05) is 0 Å². The summed E-state index contributed by atoms with van der Waals surface area (Å²) in [6, 6.07) is 12.5. The number of allylic oxidation sites excluding steroid dienone is 1. The van der Waals surface area contributed by atoms with Crippen LogP contribution < -0.4 is 29.6 Å². The summed E-state index contributed by atoms with van der Waals surface area (Å²) in [4.78, 5) is 0. The molecule has 0 spiro atoms. The first-order valence-electron chi connectivity index (χ1n) is 9.08. The number of aliphatic hydroxyl groups is 1. The number of rotatable bonds is 9. The van der Waals surface area contributed by atoms with Gasteiger partial charge in [-0.25, -0.2) is 8.42 Å². The minimum absolute atomic E-state index is 0. The molecule has 3 atom stereocenters. The van der Waals surface area contributed by atoms with Crippen molar-refractivity contribution in [1.82, 2.24) is 0 Å². The molecule has 0 aliphatic heterocycles. The molecule has 3 N–H and O–H groups in total. The van der Waals surface area contributed by atoms with Gasteiger partial charge in [0.1, 0.15) is 11.5 Å². The first kappa shape index (κ1) is 25.7. The van der Waals surface area contributed by atoms with E-state index < -0.39 is 21.5 Å². The molecule has 2 aromatic carbocycles. The van der Waals surface area contributed by atoms with E-state index in [0.717, 1.165) is 5.56 Å². The molecule has 0 fully saturated rings. The zero-order valence-electron chi connectivity index (χ0n) is 16.6. The van der Waals surface area contributed by atoms with Crippen LogP contribution >= 0.6 is 0 Å². The van der Waals surface area contributed by atoms with Crippen LogP contribution in [0.2, 0.25) is 0 Å². The molecule has 0 heterocycles. The zero-order chi connectivity index (χ0) is 20.7. The Bertz CT molecular complexity index is 878. The third-order valence-electron chi connectivity index (χ3n) is 4.76. The van der Waals surface area contributed by atoms with Crippen molar-refractivity contribution in [2.75, 3.05) is 0 Å². The van der Waals surface area contributed by atoms with Crippen molar-refractivity contribution < 1.29 is 57.8 Å². The minimum atomic E-state index is -4.52. The van der Waals surface area contributed by atoms with Crippen LogP contribution in [0.25, 0.3) is 0 Å². The Balaban J connectivity index is 0.00000420. The van der Waals surface area contributed by atoms with Gasteiger partial charge >= 0.3 is 29.6 Å². The minimum Gasteiger partial charge on any atom is -0.748 e. The first-order valence-corrected chi connectivity index (χ1v) is 10.5. The van der Waals surface area contributed by atoms with Crippen molar-refractivity contribution >= 4 is 10.1 Å². The van der Waals surface area contributed by atoms with Gasteiger partial charge in [-0.1, -0.05) is 43.3 Å². The number of phenolic OH excluding ortho intramolecular Hbond substituents is 2. The van der Waals surface area contributed by atoms with Gasteiger partial charge in [-0.05, 0) is 60.6 Å². The molecular formula is C21H25NaO6S. The van der Waals surface area contributed by atoms with E-state index in [1.165, 1.54) is 36.4 Å². The quantitative estimate of drug-likeness (QED) is 0.306. The molecule has 0 aliphatic rings. The van der Waals surface area contributed by atoms with E-state index in [-0.39, 0.29) is 59.8 Å². The first-order chi connectivity index (χ1) is 13.2. The van der Waals surface area contributed by atoms with Crippen molar-refractivity contribution in [2.24, 2.45) is 0 Å². The van der Waals surface area contributed by atoms with Crippen LogP contribution in [0, 0.1) is 0 Å². The number of aromatic hydroxyl groups is 2. The molecule has 0 saturated heterocycles. The van der Waals surface area contributed by atoms with E-state index in [4.69, 9.17) is 0 Å². The van der Waals surface area contributed by atoms with Crippen molar-refractivity contribution in [3.63, 3.8) is 0 Å². The van der Waals surface area contributed by atoms with E-state index in [0.29, 0.717) is 12.0 Å². The van der Waals surface area contributed by atoms with E-state index in [2.05, 4.69) is 0 Å². The Morgan fingerprint density at radius 2 is 1.45 bits per heavy atom. The second-order valence-corrected chi connectivity index (χ2v) is 8.40. The molecule has 0 saturated carbocycles. The predicted molar refractivity (Wildman–Crippen MR) is 106 cm³/mol. The molecule has 3 unspecified atom stereocenters. The molecule has 0 radical (unpaired) electrons. The van der Waals surface area contributed by atoms with Crippen LogP contribution in [0.5, 0.6) is 11.5 Å². The van der Waals surface area contributed by atoms with Crippen LogP contribution in [0.3, 0.4) is 0 Å². The van der Waals surface area contributed by atoms with Crippen LogP contribution in [0.1, 0.15) is 49.3 Å². The SMILES string of the molecule is CCC(CC(CC=CC(O)c1ccc(O)cc1)S(=O)(=O)[O-])c1ccc(O)cc1.[Na+]. The van der Waals surface area contributed by atoms with Gasteiger partial charge in [-0.2, -0.15) is 0 Å². The molecule has 0 amide bonds. The van der Waals surface area contributed by atoms with Gasteiger partial charge in [0.2, 0.25) is 0 Å². The average Bonchev–Trinajstić information content (AvgIpc) is 2.65. The Hall–Kier alpha value is -1.35. The standard InChI is InChI=1S/C21H26O6S.Na/c1-2-15(16-6-10-18(22)11-7-16)14-20(28(25,26)27)4-3-5-21(24)17-8-12-19(23)13-9-17;/h3,5-13,15,20-24H,2,4,14H2,1H3,(H,25,26,27);/q;+1/p-1. The molecule has 0 aromatic heterocycles. The van der Waals surface area contributed by atoms with Crippen molar-refractivity contribution in [3.05, 3.63) is 71.8 Å². The van der Waals surface area contributed by atoms with Gasteiger partial charge in [-0.15, -0.1) is 0 Å². The molecule has 6 nitrogen and oxygen atoms in total. The topological polar surface area (TPSA) is 118 Å². The number of phenols is 2. The summed E-state index contributed by atoms with van der Waals surface area (Å²) in [5.74, 6) is 0.0692. The summed E-state index contributed by atoms with van der Waals surface area (Å²) in [5, 5.41) is 27.7. The summed E-state index contributed by atoms with van der Waals surface area (Å²) in [6.07, 6.45) is 2.78. The van der Waals surface area contributed by atoms with Gasteiger partial charge in [0.05, 0.1) is 21.5 Å². The fourth-order valence-corrected chi connectivity index (χ4v) is 3.89. The second kappa shape index (κ2) is 11.7. The second-order valence-electron chi connectivity index (χ2n) is 6.75. The van der Waals surface area contributed by atoms with E-state index in [1.807, 2.05) is 6.92 Å². The van der Waals surface area contributed by atoms with E-state index >= 15 is 0 Å². The number of hydrogen-bond acceptors (Lipinski definition) is 6. The van der Waals surface area contributed by atoms with Crippen molar-refractivity contribution in [1.29, 1.82) is 0 Å². The molecule has 2 rings (SSSR count). The molecule has 29 heavy (non-hydrogen) atoms. The van der Waals surface area contributed by atoms with E-state index in [9.17, 15) is 28.3 Å². The summed E-state index contributed by atoms with van der Waals surface area (Å²) in [7, 11) is -4.52. The van der Waals surface area contributed by atoms with Gasteiger partial charge in [-0.3, -0.25) is 0 Å². The van der Waals surface area contributed by atoms with Crippen LogP contribution in [-0.4, -0.2) is 33.5 Å². The Kier molecular flexibility index (Phi) is 10.4. The monoisotopic (exact) mass is 428 g/mol. The number of hydrogen-bond donors (Lipinski definition) is 3. The van der Waals surface area contributed by atoms with Gasteiger partial charge in [0.25, 0.3) is 0 Å². The smallest absolute Gasteiger partial charge is 0.748 e. The Labute approximate surface area is 194 Å². The average molecular weight is 428 g/mol. The molecule has 0 aliphatic carbocycles. The molecule has 2 aromatic rings. The predicted octanol–water partition coefficient (Wildman–Crippen LogP) is 0.579. The largest absolute Gasteiger partial charge is 1.00 e. The summed E-state index contributed by atoms with van der Waals surface area (Å²) in [6.45, 7) is 1.91. The summed E-state index contributed by atoms with van der Waals surface area (Å²) < 4.78 is 35.2. The fraction of sp³-hybridized carbons (Fsp3) is 0.333. The third-order valence-corrected chi connectivity index (χ3v) is 5.97. The van der Waals surface area contributed by atoms with Crippen molar-refractivity contribution in [2.45, 2.75) is 43.5 Å². The Morgan fingerprint density at radius 3 is 1.90 bits per heavy atom. The molecule has 8 heteroatoms. The molecular weight excluding hydrogens is 403 g/mol. The van der Waals surface area contributed by atoms with Crippen molar-refractivity contribution in [3.8, 4) is 11.5 Å². The third kappa shape index (κ3) is 8.12. The molecule has 0 bridgehead atoms. The van der Waals surface area contributed by atoms with Crippen LogP contribution in [0.4, 0.5) is 0 Å². The molecule has 152 valence electrons. The maximum absolute atomic E-state index is 11.7. The fourth-order valence-electron chi connectivity index (χ4n) is 3.08. The van der Waals surface area contributed by atoms with Crippen LogP contribution in [0.15, 0.2) is 60.7 Å². The van der Waals surface area contributed by atoms with Gasteiger partial charge < -0.3 is 19.9 Å². The maximum atomic E-state index is 11.7. The summed E-state index contributed by atoms with van der Waals surface area (Å²) >= 11 is 0. The van der Waals surface area contributed by atoms with E-state index in [1.54, 1.807) is 24.3 Å². The maximum Gasteiger partial charge on any atom is 1.00 e. The Morgan fingerprint density at radius 1 is 0.966 bits per heavy atom. The van der Waals surface area contributed by atoms with Crippen LogP contribution in [-0.2, 0) is 10.1 Å². The van der Waals surface area contributed by atoms with Gasteiger partial charge in [0.15, 0.2) is 0 Å². The number of aliphatic hydroxyl groups excluding tert-OH is 1. The normalized spacial score (nSPS) is 14.9. The number of benzene rings is 2. The summed E-state index contributed by atoms with van der Waals surface area (Å²) in [5.41, 5.74) is 1.41. The zero-order valence-corrected chi connectivity index (χ0v) is 19.4.